The number of unbranched alkanes of at least 4 members (excludes halogenated alkanes) is 15. The van der Waals surface area contributed by atoms with Crippen LogP contribution in [-0.2, 0) is 9.53 Å². The van der Waals surface area contributed by atoms with Crippen LogP contribution in [0.15, 0.2) is 0 Å². The van der Waals surface area contributed by atoms with Gasteiger partial charge in [-0.15, -0.1) is 0 Å². The molecule has 0 heterocycles. The molecule has 0 saturated heterocycles. The van der Waals surface area contributed by atoms with E-state index < -0.39 is 0 Å². The Balaban J connectivity index is 1.87. The number of rotatable bonds is 21. The predicted molar refractivity (Wildman–Crippen MR) is 122 cm³/mol. The van der Waals surface area contributed by atoms with E-state index in [0.717, 1.165) is 12.8 Å². The Morgan fingerprint density at radius 2 is 1.11 bits per heavy atom. The maximum absolute atomic E-state index is 12.4. The lowest BCUT2D eigenvalue weighted by Crippen LogP contribution is -2.20. The Morgan fingerprint density at radius 1 is 0.679 bits per heavy atom. The average Bonchev–Trinajstić information content (AvgIpc) is 3.53. The number of carbonyl (C=O) groups excluding carboxylic acids is 1. The van der Waals surface area contributed by atoms with Gasteiger partial charge in [-0.1, -0.05) is 117 Å². The van der Waals surface area contributed by atoms with Gasteiger partial charge in [0.25, 0.3) is 0 Å². The van der Waals surface area contributed by atoms with Crippen molar-refractivity contribution in [2.24, 2.45) is 11.8 Å². The molecule has 166 valence electrons. The summed E-state index contributed by atoms with van der Waals surface area (Å²) in [5.74, 6) is 0.956. The summed E-state index contributed by atoms with van der Waals surface area (Å²) in [5.41, 5.74) is 0. The minimum atomic E-state index is 0.109. The van der Waals surface area contributed by atoms with E-state index in [1.807, 2.05) is 0 Å². The fourth-order valence-electron chi connectivity index (χ4n) is 4.24. The lowest BCUT2D eigenvalue weighted by Gasteiger charge is -2.15. The van der Waals surface area contributed by atoms with Crippen molar-refractivity contribution >= 4 is 5.97 Å². The van der Waals surface area contributed by atoms with Gasteiger partial charge in [0.1, 0.15) is 0 Å². The van der Waals surface area contributed by atoms with Crippen molar-refractivity contribution in [3.8, 4) is 0 Å². The number of hydrogen-bond acceptors (Lipinski definition) is 2. The highest BCUT2D eigenvalue weighted by Crippen LogP contribution is 2.40. The van der Waals surface area contributed by atoms with Crippen LogP contribution in [-0.4, -0.2) is 12.6 Å². The van der Waals surface area contributed by atoms with Gasteiger partial charge in [-0.3, -0.25) is 4.79 Å². The molecule has 28 heavy (non-hydrogen) atoms. The molecular weight excluding hydrogens is 344 g/mol. The van der Waals surface area contributed by atoms with Crippen LogP contribution in [0, 0.1) is 11.8 Å². The molecule has 1 fully saturated rings. The average molecular weight is 395 g/mol. The van der Waals surface area contributed by atoms with Crippen LogP contribution < -0.4 is 0 Å². The van der Waals surface area contributed by atoms with E-state index in [-0.39, 0.29) is 11.9 Å². The highest BCUT2D eigenvalue weighted by Gasteiger charge is 2.36. The van der Waals surface area contributed by atoms with Gasteiger partial charge in [-0.05, 0) is 31.6 Å². The molecule has 0 bridgehead atoms. The Morgan fingerprint density at radius 3 is 1.57 bits per heavy atom. The summed E-state index contributed by atoms with van der Waals surface area (Å²) < 4.78 is 5.62. The van der Waals surface area contributed by atoms with Crippen molar-refractivity contribution in [1.29, 1.82) is 0 Å². The number of esters is 1. The molecule has 0 N–H and O–H groups in total. The number of hydrogen-bond donors (Lipinski definition) is 0. The third-order valence-electron chi connectivity index (χ3n) is 6.35. The molecule has 0 aromatic rings. The summed E-state index contributed by atoms with van der Waals surface area (Å²) in [5, 5.41) is 0. The van der Waals surface area contributed by atoms with Crippen LogP contribution in [0.5, 0.6) is 0 Å². The molecule has 0 spiro atoms. The first kappa shape index (κ1) is 25.5. The summed E-state index contributed by atoms with van der Waals surface area (Å²) in [6.45, 7) is 5.17. The van der Waals surface area contributed by atoms with Gasteiger partial charge in [0.15, 0.2) is 0 Å². The van der Waals surface area contributed by atoms with Crippen molar-refractivity contribution in [2.75, 3.05) is 6.61 Å². The predicted octanol–water partition coefficient (Wildman–Crippen LogP) is 8.62. The smallest absolute Gasteiger partial charge is 0.309 e. The van der Waals surface area contributed by atoms with Crippen molar-refractivity contribution in [3.63, 3.8) is 0 Å². The van der Waals surface area contributed by atoms with Crippen molar-refractivity contribution in [3.05, 3.63) is 0 Å². The van der Waals surface area contributed by atoms with Crippen LogP contribution >= 0.6 is 0 Å². The van der Waals surface area contributed by atoms with E-state index in [9.17, 15) is 4.79 Å². The van der Waals surface area contributed by atoms with Gasteiger partial charge in [-0.25, -0.2) is 0 Å². The Hall–Kier alpha value is -0.530. The molecule has 1 saturated carbocycles. The maximum Gasteiger partial charge on any atom is 0.309 e. The molecule has 1 rings (SSSR count). The normalized spacial score (nSPS) is 14.9. The second-order valence-electron chi connectivity index (χ2n) is 9.20. The summed E-state index contributed by atoms with van der Waals surface area (Å²) in [4.78, 5) is 12.4. The lowest BCUT2D eigenvalue weighted by atomic mass is 9.96. The zero-order valence-electron chi connectivity index (χ0n) is 19.3. The van der Waals surface area contributed by atoms with Gasteiger partial charge in [0, 0.05) is 0 Å². The van der Waals surface area contributed by atoms with Gasteiger partial charge in [0.05, 0.1) is 12.5 Å². The SMILES string of the molecule is CCCCCCCCCCCCCCCOC(=O)C(CCCCCC)C1CC1. The van der Waals surface area contributed by atoms with Crippen LogP contribution in [0.1, 0.15) is 142 Å². The molecular formula is C26H50O2. The zero-order chi connectivity index (χ0) is 20.3. The van der Waals surface area contributed by atoms with E-state index in [1.54, 1.807) is 0 Å². The van der Waals surface area contributed by atoms with Crippen molar-refractivity contribution < 1.29 is 9.53 Å². The van der Waals surface area contributed by atoms with Gasteiger partial charge < -0.3 is 4.74 Å². The quantitative estimate of drug-likeness (QED) is 0.144. The fraction of sp³-hybridized carbons (Fsp3) is 0.962. The molecule has 0 radical (unpaired) electrons. The van der Waals surface area contributed by atoms with E-state index >= 15 is 0 Å². The second kappa shape index (κ2) is 18.5. The van der Waals surface area contributed by atoms with Crippen LogP contribution in [0.3, 0.4) is 0 Å². The third-order valence-corrected chi connectivity index (χ3v) is 6.35. The monoisotopic (exact) mass is 394 g/mol. The summed E-state index contributed by atoms with van der Waals surface area (Å²) in [6, 6.07) is 0. The Kier molecular flexibility index (Phi) is 16.8. The van der Waals surface area contributed by atoms with E-state index in [0.29, 0.717) is 12.5 Å². The van der Waals surface area contributed by atoms with Gasteiger partial charge in [0.2, 0.25) is 0 Å². The highest BCUT2D eigenvalue weighted by atomic mass is 16.5. The summed E-state index contributed by atoms with van der Waals surface area (Å²) in [6.07, 6.45) is 26.2. The Labute approximate surface area is 176 Å². The van der Waals surface area contributed by atoms with Crippen LogP contribution in [0.2, 0.25) is 0 Å². The molecule has 2 nitrogen and oxygen atoms in total. The largest absolute Gasteiger partial charge is 0.465 e. The molecule has 0 aromatic carbocycles. The third kappa shape index (κ3) is 14.5. The molecule has 0 aliphatic heterocycles. The number of ether oxygens (including phenoxy) is 1. The maximum atomic E-state index is 12.4. The zero-order valence-corrected chi connectivity index (χ0v) is 19.3. The first-order valence-electron chi connectivity index (χ1n) is 13.0. The summed E-state index contributed by atoms with van der Waals surface area (Å²) in [7, 11) is 0. The first-order valence-corrected chi connectivity index (χ1v) is 13.0. The van der Waals surface area contributed by atoms with E-state index in [4.69, 9.17) is 4.74 Å². The molecule has 1 atom stereocenters. The minimum absolute atomic E-state index is 0.109. The van der Waals surface area contributed by atoms with E-state index in [1.165, 1.54) is 116 Å². The van der Waals surface area contributed by atoms with E-state index in [2.05, 4.69) is 13.8 Å². The molecule has 2 heteroatoms. The molecule has 0 amide bonds. The second-order valence-corrected chi connectivity index (χ2v) is 9.20. The van der Waals surface area contributed by atoms with Crippen LogP contribution in [0.4, 0.5) is 0 Å². The molecule has 1 aliphatic rings. The van der Waals surface area contributed by atoms with Crippen molar-refractivity contribution in [1.82, 2.24) is 0 Å². The number of carbonyl (C=O) groups is 1. The minimum Gasteiger partial charge on any atom is -0.465 e. The Bertz CT molecular complexity index is 348. The highest BCUT2D eigenvalue weighted by molar-refractivity contribution is 5.73. The molecule has 1 aliphatic carbocycles. The fourth-order valence-corrected chi connectivity index (χ4v) is 4.24. The summed E-state index contributed by atoms with van der Waals surface area (Å²) >= 11 is 0. The topological polar surface area (TPSA) is 26.3 Å². The first-order chi connectivity index (χ1) is 13.8. The molecule has 0 aromatic heterocycles. The standard InChI is InChI=1S/C26H50O2/c1-3-5-7-9-10-11-12-13-14-15-16-17-19-23-28-26(27)25(24-21-22-24)20-18-8-6-4-2/h24-25H,3-23H2,1-2H3. The molecule has 1 unspecified atom stereocenters. The van der Waals surface area contributed by atoms with Crippen LogP contribution in [0.25, 0.3) is 0 Å². The van der Waals surface area contributed by atoms with Crippen molar-refractivity contribution in [2.45, 2.75) is 142 Å². The van der Waals surface area contributed by atoms with Gasteiger partial charge in [-0.2, -0.15) is 0 Å². The van der Waals surface area contributed by atoms with Gasteiger partial charge >= 0.3 is 5.97 Å². The lowest BCUT2D eigenvalue weighted by molar-refractivity contribution is -0.149.